The Hall–Kier alpha value is -1.65. The lowest BCUT2D eigenvalue weighted by molar-refractivity contribution is -0.182. The predicted molar refractivity (Wildman–Crippen MR) is 114 cm³/mol. The monoisotopic (exact) mass is 428 g/mol. The Labute approximate surface area is 184 Å². The van der Waals surface area contributed by atoms with Gasteiger partial charge in [0.2, 0.25) is 11.8 Å². The number of piperidine rings is 1. The van der Waals surface area contributed by atoms with Gasteiger partial charge in [-0.1, -0.05) is 13.8 Å². The lowest BCUT2D eigenvalue weighted by Gasteiger charge is -2.62. The van der Waals surface area contributed by atoms with Crippen LogP contribution in [0.15, 0.2) is 0 Å². The quantitative estimate of drug-likeness (QED) is 0.595. The third-order valence-electron chi connectivity index (χ3n) is 8.79. The van der Waals surface area contributed by atoms with Crippen molar-refractivity contribution < 1.29 is 14.7 Å². The van der Waals surface area contributed by atoms with Gasteiger partial charge in [-0.25, -0.2) is 0 Å². The van der Waals surface area contributed by atoms with Crippen LogP contribution in [0, 0.1) is 40.4 Å². The number of fused-ring (bicyclic) bond motifs is 1. The number of hydrogen-bond acceptors (Lipinski definition) is 5. The minimum Gasteiger partial charge on any atom is -0.390 e. The van der Waals surface area contributed by atoms with Gasteiger partial charge < -0.3 is 21.1 Å². The number of nitrogens with two attached hydrogens (primary N) is 1. The maximum absolute atomic E-state index is 14.0. The van der Waals surface area contributed by atoms with Crippen LogP contribution >= 0.6 is 0 Å². The second-order valence-electron chi connectivity index (χ2n) is 11.9. The molecule has 0 aromatic rings. The van der Waals surface area contributed by atoms with Crippen LogP contribution in [0.5, 0.6) is 0 Å². The van der Waals surface area contributed by atoms with Crippen molar-refractivity contribution in [2.24, 2.45) is 34.8 Å². The van der Waals surface area contributed by atoms with Crippen molar-refractivity contribution in [1.82, 2.24) is 10.2 Å². The largest absolute Gasteiger partial charge is 0.390 e. The standard InChI is InChI=1S/C24H36N4O3/c1-13(2)3-18(26)21(29)27-20(22(30)28-17(11-25)5-16-6-19(16)28)23-7-14-4-15(8-23)10-24(31,9-14)12-23/h13-20,31H,3-10,12,26H2,1-2H3,(H,27,29). The summed E-state index contributed by atoms with van der Waals surface area (Å²) >= 11 is 0. The second-order valence-corrected chi connectivity index (χ2v) is 11.9. The molecule has 1 aliphatic heterocycles. The summed E-state index contributed by atoms with van der Waals surface area (Å²) in [6.45, 7) is 4.05. The molecule has 31 heavy (non-hydrogen) atoms. The van der Waals surface area contributed by atoms with Gasteiger partial charge in [0, 0.05) is 11.5 Å². The normalized spacial score (nSPS) is 44.0. The Morgan fingerprint density at radius 3 is 2.45 bits per heavy atom. The highest BCUT2D eigenvalue weighted by atomic mass is 16.3. The van der Waals surface area contributed by atoms with Crippen molar-refractivity contribution in [2.75, 3.05) is 0 Å². The molecule has 7 unspecified atom stereocenters. The first kappa shape index (κ1) is 21.2. The van der Waals surface area contributed by atoms with Crippen LogP contribution in [0.2, 0.25) is 0 Å². The third kappa shape index (κ3) is 3.56. The molecule has 4 N–H and O–H groups in total. The second kappa shape index (κ2) is 7.18. The van der Waals surface area contributed by atoms with E-state index in [0.29, 0.717) is 30.6 Å². The average Bonchev–Trinajstić information content (AvgIpc) is 3.32. The fourth-order valence-corrected chi connectivity index (χ4v) is 8.00. The van der Waals surface area contributed by atoms with E-state index in [-0.39, 0.29) is 23.8 Å². The van der Waals surface area contributed by atoms with Gasteiger partial charge in [0.25, 0.3) is 0 Å². The number of aliphatic hydroxyl groups is 1. The number of rotatable bonds is 6. The summed E-state index contributed by atoms with van der Waals surface area (Å²) in [4.78, 5) is 28.8. The molecule has 5 saturated carbocycles. The molecule has 7 heteroatoms. The number of hydrogen-bond donors (Lipinski definition) is 3. The summed E-state index contributed by atoms with van der Waals surface area (Å²) in [5.74, 6) is 1.11. The van der Waals surface area contributed by atoms with Crippen molar-refractivity contribution in [2.45, 2.75) is 101 Å². The van der Waals surface area contributed by atoms with Crippen molar-refractivity contribution in [3.05, 3.63) is 0 Å². The van der Waals surface area contributed by atoms with Gasteiger partial charge in [0.05, 0.1) is 17.7 Å². The molecule has 0 spiro atoms. The Morgan fingerprint density at radius 1 is 1.19 bits per heavy atom. The number of likely N-dealkylation sites (tertiary alicyclic amines) is 1. The molecule has 5 aliphatic carbocycles. The number of carbonyl (C=O) groups is 2. The summed E-state index contributed by atoms with van der Waals surface area (Å²) in [6.07, 6.45) is 7.27. The summed E-state index contributed by atoms with van der Waals surface area (Å²) in [5.41, 5.74) is 5.03. The van der Waals surface area contributed by atoms with Gasteiger partial charge in [0.15, 0.2) is 0 Å². The predicted octanol–water partition coefficient (Wildman–Crippen LogP) is 1.69. The number of carbonyl (C=O) groups excluding carboxylic acids is 2. The van der Waals surface area contributed by atoms with Crippen LogP contribution in [0.25, 0.3) is 0 Å². The molecule has 0 aromatic carbocycles. The summed E-state index contributed by atoms with van der Waals surface area (Å²) in [6, 6.07) is 0.680. The van der Waals surface area contributed by atoms with Gasteiger partial charge >= 0.3 is 0 Å². The molecule has 0 radical (unpaired) electrons. The highest BCUT2D eigenvalue weighted by molar-refractivity contribution is 5.91. The van der Waals surface area contributed by atoms with E-state index in [4.69, 9.17) is 5.73 Å². The van der Waals surface area contributed by atoms with Crippen LogP contribution < -0.4 is 11.1 Å². The van der Waals surface area contributed by atoms with E-state index < -0.39 is 29.1 Å². The molecule has 6 fully saturated rings. The van der Waals surface area contributed by atoms with E-state index in [1.807, 2.05) is 13.8 Å². The molecule has 6 rings (SSSR count). The number of nitrogens with one attached hydrogen (secondary N) is 1. The Morgan fingerprint density at radius 2 is 1.87 bits per heavy atom. The number of amides is 2. The van der Waals surface area contributed by atoms with Crippen LogP contribution in [0.1, 0.15) is 71.6 Å². The Balaban J connectivity index is 1.46. The highest BCUT2D eigenvalue weighted by Gasteiger charge is 2.63. The van der Waals surface area contributed by atoms with E-state index in [1.165, 1.54) is 0 Å². The minimum absolute atomic E-state index is 0.118. The lowest BCUT2D eigenvalue weighted by Crippen LogP contribution is -2.67. The zero-order valence-electron chi connectivity index (χ0n) is 18.7. The fourth-order valence-electron chi connectivity index (χ4n) is 8.00. The summed E-state index contributed by atoms with van der Waals surface area (Å²) in [7, 11) is 0. The molecule has 0 aromatic heterocycles. The molecule has 1 heterocycles. The fraction of sp³-hybridized carbons (Fsp3) is 0.875. The van der Waals surface area contributed by atoms with Crippen LogP contribution in [-0.4, -0.2) is 51.6 Å². The Kier molecular flexibility index (Phi) is 4.91. The maximum atomic E-state index is 14.0. The maximum Gasteiger partial charge on any atom is 0.247 e. The summed E-state index contributed by atoms with van der Waals surface area (Å²) < 4.78 is 0. The first-order chi connectivity index (χ1) is 14.6. The Bertz CT molecular complexity index is 806. The molecular weight excluding hydrogens is 392 g/mol. The van der Waals surface area contributed by atoms with E-state index in [2.05, 4.69) is 11.4 Å². The molecule has 170 valence electrons. The van der Waals surface area contributed by atoms with E-state index in [0.717, 1.165) is 44.9 Å². The van der Waals surface area contributed by atoms with E-state index in [1.54, 1.807) is 4.90 Å². The van der Waals surface area contributed by atoms with Crippen LogP contribution in [0.4, 0.5) is 0 Å². The molecule has 4 bridgehead atoms. The zero-order chi connectivity index (χ0) is 22.1. The highest BCUT2D eigenvalue weighted by Crippen LogP contribution is 2.63. The molecule has 6 aliphatic rings. The smallest absolute Gasteiger partial charge is 0.247 e. The average molecular weight is 429 g/mol. The van der Waals surface area contributed by atoms with Crippen LogP contribution in [0.3, 0.4) is 0 Å². The number of nitriles is 1. The molecule has 7 atom stereocenters. The minimum atomic E-state index is -0.727. The topological polar surface area (TPSA) is 119 Å². The van der Waals surface area contributed by atoms with Gasteiger partial charge in [-0.2, -0.15) is 5.26 Å². The van der Waals surface area contributed by atoms with Gasteiger partial charge in [-0.3, -0.25) is 9.59 Å². The molecular formula is C24H36N4O3. The van der Waals surface area contributed by atoms with Crippen molar-refractivity contribution >= 4 is 11.8 Å². The first-order valence-corrected chi connectivity index (χ1v) is 12.1. The summed E-state index contributed by atoms with van der Waals surface area (Å²) in [5, 5.41) is 24.0. The van der Waals surface area contributed by atoms with E-state index >= 15 is 0 Å². The molecule has 7 nitrogen and oxygen atoms in total. The van der Waals surface area contributed by atoms with E-state index in [9.17, 15) is 20.0 Å². The van der Waals surface area contributed by atoms with Crippen molar-refractivity contribution in [3.8, 4) is 6.07 Å². The molecule has 1 saturated heterocycles. The number of nitrogens with zero attached hydrogens (tertiary/aromatic N) is 2. The third-order valence-corrected chi connectivity index (χ3v) is 8.79. The lowest BCUT2D eigenvalue weighted by atomic mass is 9.46. The SMILES string of the molecule is CC(C)CC(N)C(=O)NC(C(=O)N1C(C#N)CC2CC21)C12CC3CC(CC(O)(C3)C1)C2. The van der Waals surface area contributed by atoms with Gasteiger partial charge in [-0.05, 0) is 81.5 Å². The van der Waals surface area contributed by atoms with Crippen molar-refractivity contribution in [1.29, 1.82) is 5.26 Å². The van der Waals surface area contributed by atoms with Crippen LogP contribution in [-0.2, 0) is 9.59 Å². The van der Waals surface area contributed by atoms with Gasteiger partial charge in [0.1, 0.15) is 12.1 Å². The first-order valence-electron chi connectivity index (χ1n) is 12.1. The zero-order valence-corrected chi connectivity index (χ0v) is 18.7. The molecule has 2 amide bonds. The van der Waals surface area contributed by atoms with Gasteiger partial charge in [-0.15, -0.1) is 0 Å². The van der Waals surface area contributed by atoms with Crippen molar-refractivity contribution in [3.63, 3.8) is 0 Å².